The fourth-order valence-corrected chi connectivity index (χ4v) is 1.37. The second-order valence-corrected chi connectivity index (χ2v) is 3.62. The van der Waals surface area contributed by atoms with Crippen LogP contribution in [0.1, 0.15) is 11.6 Å². The number of carboxylic acid groups (broad SMARTS) is 1. The molecule has 0 aliphatic heterocycles. The van der Waals surface area contributed by atoms with Gasteiger partial charge in [-0.3, -0.25) is 4.84 Å². The van der Waals surface area contributed by atoms with E-state index in [2.05, 4.69) is 14.9 Å². The van der Waals surface area contributed by atoms with Gasteiger partial charge in [-0.25, -0.2) is 19.9 Å². The number of nitrogens with one attached hydrogen (secondary N) is 2. The molecule has 0 fully saturated rings. The van der Waals surface area contributed by atoms with Gasteiger partial charge in [-0.05, 0) is 5.56 Å². The van der Waals surface area contributed by atoms with Crippen LogP contribution in [0.3, 0.4) is 0 Å². The van der Waals surface area contributed by atoms with Crippen LogP contribution in [0.25, 0.3) is 0 Å². The maximum Gasteiger partial charge on any atom is 0.339 e. The van der Waals surface area contributed by atoms with E-state index in [9.17, 15) is 14.4 Å². The molecule has 108 valence electrons. The van der Waals surface area contributed by atoms with Crippen molar-refractivity contribution in [3.05, 3.63) is 35.9 Å². The number of hydroxylamine groups is 1. The molecule has 0 bridgehead atoms. The lowest BCUT2D eigenvalue weighted by atomic mass is 10.1. The third-order valence-corrected chi connectivity index (χ3v) is 2.21. The van der Waals surface area contributed by atoms with Gasteiger partial charge in [0, 0.05) is 0 Å². The van der Waals surface area contributed by atoms with E-state index < -0.39 is 30.6 Å². The van der Waals surface area contributed by atoms with E-state index in [0.29, 0.717) is 5.56 Å². The highest BCUT2D eigenvalue weighted by Crippen LogP contribution is 2.13. The number of carbonyl (C=O) groups is 3. The molecule has 1 unspecified atom stereocenters. The molecule has 8 heteroatoms. The number of carboxylic acids is 1. The summed E-state index contributed by atoms with van der Waals surface area (Å²) in [4.78, 5) is 37.7. The van der Waals surface area contributed by atoms with E-state index in [1.54, 1.807) is 30.3 Å². The number of aliphatic carboxylic acids is 1. The van der Waals surface area contributed by atoms with Gasteiger partial charge in [-0.15, -0.1) is 0 Å². The highest BCUT2D eigenvalue weighted by Gasteiger charge is 2.23. The molecule has 0 aromatic heterocycles. The van der Waals surface area contributed by atoms with Gasteiger partial charge >= 0.3 is 18.0 Å². The zero-order valence-electron chi connectivity index (χ0n) is 10.7. The number of rotatable bonds is 6. The van der Waals surface area contributed by atoms with E-state index in [1.165, 1.54) is 7.11 Å². The van der Waals surface area contributed by atoms with Crippen LogP contribution in [0, 0.1) is 0 Å². The van der Waals surface area contributed by atoms with E-state index >= 15 is 0 Å². The number of hydrogen-bond acceptors (Lipinski definition) is 5. The van der Waals surface area contributed by atoms with Gasteiger partial charge in [0.1, 0.15) is 0 Å². The van der Waals surface area contributed by atoms with Crippen LogP contribution < -0.4 is 10.8 Å². The molecule has 0 aliphatic carbocycles. The number of hydrogen-bond donors (Lipinski definition) is 3. The number of amides is 2. The molecular weight excluding hydrogens is 268 g/mol. The molecule has 0 radical (unpaired) electrons. The standard InChI is InChI=1S/C12H14N2O6/c1-19-11(17)10(8-5-3-2-4-6-8)13-12(18)14-20-7-9(15)16/h2-6,10H,7H2,1H3,(H,15,16)(H2,13,14,18). The lowest BCUT2D eigenvalue weighted by molar-refractivity contribution is -0.145. The fourth-order valence-electron chi connectivity index (χ4n) is 1.37. The topological polar surface area (TPSA) is 114 Å². The van der Waals surface area contributed by atoms with E-state index in [1.807, 2.05) is 5.48 Å². The predicted octanol–water partition coefficient (Wildman–Crippen LogP) is 0.216. The number of esters is 1. The normalized spacial score (nSPS) is 11.2. The quantitative estimate of drug-likeness (QED) is 0.508. The van der Waals surface area contributed by atoms with Crippen LogP contribution in [0.2, 0.25) is 0 Å². The molecule has 1 atom stereocenters. The van der Waals surface area contributed by atoms with Gasteiger partial charge in [0.25, 0.3) is 0 Å². The largest absolute Gasteiger partial charge is 0.479 e. The molecule has 0 saturated carbocycles. The summed E-state index contributed by atoms with van der Waals surface area (Å²) in [7, 11) is 1.19. The number of benzene rings is 1. The first-order valence-electron chi connectivity index (χ1n) is 5.57. The van der Waals surface area contributed by atoms with Gasteiger partial charge in [0.2, 0.25) is 0 Å². The maximum absolute atomic E-state index is 11.6. The lowest BCUT2D eigenvalue weighted by Gasteiger charge is -2.16. The molecular formula is C12H14N2O6. The van der Waals surface area contributed by atoms with E-state index in [-0.39, 0.29) is 0 Å². The summed E-state index contributed by atoms with van der Waals surface area (Å²) >= 11 is 0. The summed E-state index contributed by atoms with van der Waals surface area (Å²) in [6.45, 7) is -0.693. The maximum atomic E-state index is 11.6. The van der Waals surface area contributed by atoms with Crippen molar-refractivity contribution in [1.29, 1.82) is 0 Å². The Bertz CT molecular complexity index is 476. The molecule has 8 nitrogen and oxygen atoms in total. The Hall–Kier alpha value is -2.61. The van der Waals surface area contributed by atoms with Crippen LogP contribution in [-0.4, -0.2) is 36.8 Å². The Kier molecular flexibility index (Phi) is 5.98. The first kappa shape index (κ1) is 15.4. The van der Waals surface area contributed by atoms with Crippen LogP contribution in [-0.2, 0) is 19.2 Å². The van der Waals surface area contributed by atoms with Crippen molar-refractivity contribution >= 4 is 18.0 Å². The average molecular weight is 282 g/mol. The monoisotopic (exact) mass is 282 g/mol. The molecule has 0 spiro atoms. The molecule has 0 saturated heterocycles. The molecule has 3 N–H and O–H groups in total. The van der Waals surface area contributed by atoms with Crippen molar-refractivity contribution in [2.75, 3.05) is 13.7 Å². The molecule has 0 heterocycles. The Labute approximate surface area is 114 Å². The van der Waals surface area contributed by atoms with Crippen LogP contribution in [0.15, 0.2) is 30.3 Å². The van der Waals surface area contributed by atoms with Crippen molar-refractivity contribution in [2.45, 2.75) is 6.04 Å². The zero-order chi connectivity index (χ0) is 15.0. The van der Waals surface area contributed by atoms with Crippen molar-refractivity contribution in [1.82, 2.24) is 10.8 Å². The fraction of sp³-hybridized carbons (Fsp3) is 0.250. The Morgan fingerprint density at radius 3 is 2.45 bits per heavy atom. The number of urea groups is 1. The van der Waals surface area contributed by atoms with Crippen molar-refractivity contribution in [2.24, 2.45) is 0 Å². The second kappa shape index (κ2) is 7.74. The average Bonchev–Trinajstić information content (AvgIpc) is 2.44. The first-order valence-corrected chi connectivity index (χ1v) is 5.57. The summed E-state index contributed by atoms with van der Waals surface area (Å²) in [5, 5.41) is 10.7. The van der Waals surface area contributed by atoms with Gasteiger partial charge in [0.05, 0.1) is 7.11 Å². The van der Waals surface area contributed by atoms with Crippen LogP contribution in [0.5, 0.6) is 0 Å². The second-order valence-electron chi connectivity index (χ2n) is 3.62. The molecule has 0 aliphatic rings. The van der Waals surface area contributed by atoms with Gasteiger partial charge < -0.3 is 15.2 Å². The molecule has 1 rings (SSSR count). The summed E-state index contributed by atoms with van der Waals surface area (Å²) in [5.74, 6) is -1.90. The summed E-state index contributed by atoms with van der Waals surface area (Å²) in [6, 6.07) is 6.56. The minimum absolute atomic E-state index is 0.521. The smallest absolute Gasteiger partial charge is 0.339 e. The molecule has 2 amide bonds. The Morgan fingerprint density at radius 1 is 1.25 bits per heavy atom. The number of methoxy groups -OCH3 is 1. The van der Waals surface area contributed by atoms with Crippen LogP contribution >= 0.6 is 0 Å². The highest BCUT2D eigenvalue weighted by molar-refractivity contribution is 5.84. The molecule has 1 aromatic carbocycles. The van der Waals surface area contributed by atoms with Crippen molar-refractivity contribution in [3.63, 3.8) is 0 Å². The van der Waals surface area contributed by atoms with Gasteiger partial charge in [-0.2, -0.15) is 0 Å². The predicted molar refractivity (Wildman–Crippen MR) is 66.5 cm³/mol. The van der Waals surface area contributed by atoms with E-state index in [4.69, 9.17) is 5.11 Å². The third-order valence-electron chi connectivity index (χ3n) is 2.21. The number of ether oxygens (including phenoxy) is 1. The zero-order valence-corrected chi connectivity index (χ0v) is 10.7. The first-order chi connectivity index (χ1) is 9.54. The SMILES string of the molecule is COC(=O)C(NC(=O)NOCC(=O)O)c1ccccc1. The molecule has 20 heavy (non-hydrogen) atoms. The van der Waals surface area contributed by atoms with E-state index in [0.717, 1.165) is 0 Å². The van der Waals surface area contributed by atoms with Crippen molar-refractivity contribution < 1.29 is 29.1 Å². The third kappa shape index (κ3) is 4.94. The summed E-state index contributed by atoms with van der Waals surface area (Å²) in [5.41, 5.74) is 2.38. The summed E-state index contributed by atoms with van der Waals surface area (Å²) in [6.07, 6.45) is 0. The molecule has 1 aromatic rings. The lowest BCUT2D eigenvalue weighted by Crippen LogP contribution is -2.41. The number of carbonyl (C=O) groups excluding carboxylic acids is 2. The Morgan fingerprint density at radius 2 is 1.90 bits per heavy atom. The minimum Gasteiger partial charge on any atom is -0.479 e. The Balaban J connectivity index is 2.64. The highest BCUT2D eigenvalue weighted by atomic mass is 16.7. The summed E-state index contributed by atoms with van der Waals surface area (Å²) < 4.78 is 4.59. The minimum atomic E-state index is -1.24. The van der Waals surface area contributed by atoms with Gasteiger partial charge in [0.15, 0.2) is 12.6 Å². The van der Waals surface area contributed by atoms with Crippen molar-refractivity contribution in [3.8, 4) is 0 Å². The van der Waals surface area contributed by atoms with Gasteiger partial charge in [-0.1, -0.05) is 30.3 Å². The van der Waals surface area contributed by atoms with Crippen LogP contribution in [0.4, 0.5) is 4.79 Å².